The first-order chi connectivity index (χ1) is 8.19. The van der Waals surface area contributed by atoms with Gasteiger partial charge >= 0.3 is 0 Å². The van der Waals surface area contributed by atoms with Crippen molar-refractivity contribution in [2.24, 2.45) is 0 Å². The Hall–Kier alpha value is -0.800. The van der Waals surface area contributed by atoms with Crippen LogP contribution in [0.4, 0.5) is 5.82 Å². The van der Waals surface area contributed by atoms with Gasteiger partial charge in [0.1, 0.15) is 5.82 Å². The van der Waals surface area contributed by atoms with E-state index in [0.29, 0.717) is 6.04 Å². The zero-order chi connectivity index (χ0) is 12.3. The second-order valence-corrected chi connectivity index (χ2v) is 5.07. The number of anilines is 1. The van der Waals surface area contributed by atoms with Crippen LogP contribution >= 0.6 is 11.6 Å². The summed E-state index contributed by atoms with van der Waals surface area (Å²) >= 11 is 6.03. The number of nitrogens with zero attached hydrogens (tertiary/aromatic N) is 1. The maximum absolute atomic E-state index is 9.45. The monoisotopic (exact) mass is 254 g/mol. The van der Waals surface area contributed by atoms with Gasteiger partial charge in [-0.25, -0.2) is 4.98 Å². The third kappa shape index (κ3) is 3.33. The highest BCUT2D eigenvalue weighted by molar-refractivity contribution is 6.31. The quantitative estimate of drug-likeness (QED) is 0.872. The van der Waals surface area contributed by atoms with E-state index in [1.807, 2.05) is 6.07 Å². The summed E-state index contributed by atoms with van der Waals surface area (Å²) in [5.41, 5.74) is 1.13. The van der Waals surface area contributed by atoms with Gasteiger partial charge in [-0.05, 0) is 43.7 Å². The number of aliphatic hydroxyl groups excluding tert-OH is 1. The van der Waals surface area contributed by atoms with E-state index in [4.69, 9.17) is 11.6 Å². The molecule has 17 heavy (non-hydrogen) atoms. The summed E-state index contributed by atoms with van der Waals surface area (Å²) in [5, 5.41) is 13.6. The van der Waals surface area contributed by atoms with Crippen LogP contribution in [0.5, 0.6) is 0 Å². The summed E-state index contributed by atoms with van der Waals surface area (Å²) in [4.78, 5) is 4.29. The molecule has 1 aromatic rings. The lowest BCUT2D eigenvalue weighted by Gasteiger charge is -2.26. The van der Waals surface area contributed by atoms with Crippen LogP contribution in [0.1, 0.15) is 38.2 Å². The van der Waals surface area contributed by atoms with Crippen molar-refractivity contribution in [3.05, 3.63) is 22.8 Å². The zero-order valence-electron chi connectivity index (χ0n) is 10.1. The molecule has 0 amide bonds. The molecule has 1 aliphatic rings. The molecule has 1 fully saturated rings. The lowest BCUT2D eigenvalue weighted by atomic mass is 9.93. The lowest BCUT2D eigenvalue weighted by molar-refractivity contribution is 0.126. The van der Waals surface area contributed by atoms with Crippen molar-refractivity contribution in [3.63, 3.8) is 0 Å². The van der Waals surface area contributed by atoms with Crippen molar-refractivity contribution in [1.29, 1.82) is 0 Å². The van der Waals surface area contributed by atoms with Gasteiger partial charge < -0.3 is 10.4 Å². The SMILES string of the molecule is CCc1cc(NC2CCC(O)CC2)ncc1Cl. The Labute approximate surface area is 107 Å². The molecular formula is C13H19ClN2O. The molecule has 0 spiro atoms. The number of hydrogen-bond acceptors (Lipinski definition) is 3. The minimum Gasteiger partial charge on any atom is -0.393 e. The summed E-state index contributed by atoms with van der Waals surface area (Å²) in [7, 11) is 0. The fraction of sp³-hybridized carbons (Fsp3) is 0.615. The Balaban J connectivity index is 1.99. The van der Waals surface area contributed by atoms with Crippen molar-refractivity contribution in [2.75, 3.05) is 5.32 Å². The van der Waals surface area contributed by atoms with Gasteiger partial charge in [-0.15, -0.1) is 0 Å². The molecular weight excluding hydrogens is 236 g/mol. The van der Waals surface area contributed by atoms with Crippen LogP contribution in [-0.2, 0) is 6.42 Å². The molecule has 1 saturated carbocycles. The number of aliphatic hydroxyl groups is 1. The van der Waals surface area contributed by atoms with Gasteiger partial charge in [0.2, 0.25) is 0 Å². The summed E-state index contributed by atoms with van der Waals surface area (Å²) in [6.45, 7) is 2.09. The predicted molar refractivity (Wildman–Crippen MR) is 70.5 cm³/mol. The van der Waals surface area contributed by atoms with E-state index in [9.17, 15) is 5.11 Å². The minimum atomic E-state index is -0.113. The zero-order valence-corrected chi connectivity index (χ0v) is 10.9. The largest absolute Gasteiger partial charge is 0.393 e. The van der Waals surface area contributed by atoms with Crippen LogP contribution in [0.3, 0.4) is 0 Å². The van der Waals surface area contributed by atoms with Crippen molar-refractivity contribution >= 4 is 17.4 Å². The lowest BCUT2D eigenvalue weighted by Crippen LogP contribution is -2.28. The van der Waals surface area contributed by atoms with Gasteiger partial charge in [-0.1, -0.05) is 18.5 Å². The summed E-state index contributed by atoms with van der Waals surface area (Å²) < 4.78 is 0. The van der Waals surface area contributed by atoms with Gasteiger partial charge in [-0.2, -0.15) is 0 Å². The number of hydrogen-bond donors (Lipinski definition) is 2. The third-order valence-electron chi connectivity index (χ3n) is 3.36. The van der Waals surface area contributed by atoms with Gasteiger partial charge in [-0.3, -0.25) is 0 Å². The fourth-order valence-electron chi connectivity index (χ4n) is 2.26. The van der Waals surface area contributed by atoms with E-state index in [1.165, 1.54) is 0 Å². The molecule has 0 bridgehead atoms. The van der Waals surface area contributed by atoms with E-state index in [2.05, 4.69) is 17.2 Å². The van der Waals surface area contributed by atoms with Crippen LogP contribution < -0.4 is 5.32 Å². The number of halogens is 1. The smallest absolute Gasteiger partial charge is 0.126 e. The minimum absolute atomic E-state index is 0.113. The maximum Gasteiger partial charge on any atom is 0.126 e. The van der Waals surface area contributed by atoms with Crippen LogP contribution in [0, 0.1) is 0 Å². The van der Waals surface area contributed by atoms with Crippen molar-refractivity contribution in [2.45, 2.75) is 51.2 Å². The van der Waals surface area contributed by atoms with E-state index < -0.39 is 0 Å². The van der Waals surface area contributed by atoms with E-state index >= 15 is 0 Å². The van der Waals surface area contributed by atoms with Crippen LogP contribution in [0.25, 0.3) is 0 Å². The molecule has 4 heteroatoms. The van der Waals surface area contributed by atoms with Crippen molar-refractivity contribution in [1.82, 2.24) is 4.98 Å². The van der Waals surface area contributed by atoms with E-state index in [-0.39, 0.29) is 6.10 Å². The highest BCUT2D eigenvalue weighted by Crippen LogP contribution is 2.23. The molecule has 3 nitrogen and oxygen atoms in total. The van der Waals surface area contributed by atoms with E-state index in [0.717, 1.165) is 48.5 Å². The summed E-state index contributed by atoms with van der Waals surface area (Å²) in [6, 6.07) is 2.45. The first-order valence-electron chi connectivity index (χ1n) is 6.28. The van der Waals surface area contributed by atoms with Crippen molar-refractivity contribution < 1.29 is 5.11 Å². The van der Waals surface area contributed by atoms with Crippen LogP contribution in [0.2, 0.25) is 5.02 Å². The normalized spacial score (nSPS) is 24.6. The molecule has 0 radical (unpaired) electrons. The third-order valence-corrected chi connectivity index (χ3v) is 3.70. The number of nitrogens with one attached hydrogen (secondary N) is 1. The highest BCUT2D eigenvalue weighted by atomic mass is 35.5. The second-order valence-electron chi connectivity index (χ2n) is 4.66. The molecule has 1 aliphatic carbocycles. The molecule has 2 N–H and O–H groups in total. The fourth-order valence-corrected chi connectivity index (χ4v) is 2.50. The molecule has 2 rings (SSSR count). The topological polar surface area (TPSA) is 45.1 Å². The number of rotatable bonds is 3. The average molecular weight is 255 g/mol. The molecule has 94 valence electrons. The Morgan fingerprint density at radius 3 is 2.76 bits per heavy atom. The molecule has 1 heterocycles. The van der Waals surface area contributed by atoms with Gasteiger partial charge in [0.15, 0.2) is 0 Å². The molecule has 1 aromatic heterocycles. The molecule has 0 aromatic carbocycles. The average Bonchev–Trinajstić information content (AvgIpc) is 2.34. The predicted octanol–water partition coefficient (Wildman–Crippen LogP) is 3.01. The highest BCUT2D eigenvalue weighted by Gasteiger charge is 2.19. The first-order valence-corrected chi connectivity index (χ1v) is 6.66. The molecule has 0 aliphatic heterocycles. The number of aromatic nitrogens is 1. The Morgan fingerprint density at radius 1 is 1.41 bits per heavy atom. The Bertz CT molecular complexity index is 376. The van der Waals surface area contributed by atoms with E-state index in [1.54, 1.807) is 6.20 Å². The number of aryl methyl sites for hydroxylation is 1. The Morgan fingerprint density at radius 2 is 2.12 bits per heavy atom. The molecule has 0 atom stereocenters. The van der Waals surface area contributed by atoms with Crippen LogP contribution in [-0.4, -0.2) is 22.2 Å². The number of pyridine rings is 1. The van der Waals surface area contributed by atoms with Gasteiger partial charge in [0.25, 0.3) is 0 Å². The molecule has 0 unspecified atom stereocenters. The van der Waals surface area contributed by atoms with Crippen molar-refractivity contribution in [3.8, 4) is 0 Å². The first kappa shape index (κ1) is 12.7. The maximum atomic E-state index is 9.45. The standard InChI is InChI=1S/C13H19ClN2O/c1-2-9-7-13(15-8-12(9)14)16-10-3-5-11(17)6-4-10/h7-8,10-11,17H,2-6H2,1H3,(H,15,16). The summed E-state index contributed by atoms with van der Waals surface area (Å²) in [5.74, 6) is 0.896. The molecule has 0 saturated heterocycles. The Kier molecular flexibility index (Phi) is 4.24. The second kappa shape index (κ2) is 5.69. The van der Waals surface area contributed by atoms with Crippen LogP contribution in [0.15, 0.2) is 12.3 Å². The van der Waals surface area contributed by atoms with Gasteiger partial charge in [0, 0.05) is 12.2 Å². The summed E-state index contributed by atoms with van der Waals surface area (Å²) in [6.07, 6.45) is 6.29. The van der Waals surface area contributed by atoms with Gasteiger partial charge in [0.05, 0.1) is 11.1 Å².